The first-order valence-corrected chi connectivity index (χ1v) is 8.76. The Hall–Kier alpha value is -2.78. The first-order chi connectivity index (χ1) is 13.9. The number of amides is 1. The summed E-state index contributed by atoms with van der Waals surface area (Å²) >= 11 is 0. The number of aliphatic hydroxyl groups is 3. The van der Waals surface area contributed by atoms with Gasteiger partial charge < -0.3 is 30.7 Å². The van der Waals surface area contributed by atoms with E-state index in [1.807, 2.05) is 6.40 Å². The van der Waals surface area contributed by atoms with Crippen LogP contribution in [0.3, 0.4) is 0 Å². The zero-order chi connectivity index (χ0) is 20.8. The molecule has 148 valence electrons. The molecule has 0 bridgehead atoms. The van der Waals surface area contributed by atoms with Crippen molar-refractivity contribution in [2.75, 3.05) is 18.1 Å². The van der Waals surface area contributed by atoms with E-state index in [0.717, 1.165) is 6.42 Å². The number of aromatic nitrogens is 4. The standard InChI is InChI=1S/C17H20N6O5/c1-2-17(27)12(25)10(6-24)28-16(17)23-8-21-11-14(19-7-20-15(11)23)22-5-3-4-9(22)13(18)26/h1,7-10,12,16,24-25,27H,3-6H2,(H2,18,26)/t9?,10-,12-,16?,17-/m1/s1/i1D. The number of imidazole rings is 1. The molecule has 11 nitrogen and oxygen atoms in total. The maximum absolute atomic E-state index is 11.8. The molecule has 2 aliphatic heterocycles. The summed E-state index contributed by atoms with van der Waals surface area (Å²) in [6, 6.07) is -0.507. The number of fused-ring (bicyclic) bond motifs is 1. The Bertz CT molecular complexity index is 1010. The number of terminal acetylenes is 1. The molecule has 0 aromatic carbocycles. The van der Waals surface area contributed by atoms with Crippen LogP contribution in [0.2, 0.25) is 0 Å². The smallest absolute Gasteiger partial charge is 0.240 e. The highest BCUT2D eigenvalue weighted by atomic mass is 16.6. The Morgan fingerprint density at radius 2 is 2.36 bits per heavy atom. The van der Waals surface area contributed by atoms with Gasteiger partial charge in [0.05, 0.1) is 12.9 Å². The zero-order valence-corrected chi connectivity index (χ0v) is 14.8. The van der Waals surface area contributed by atoms with Crippen molar-refractivity contribution < 1.29 is 26.2 Å². The number of anilines is 1. The van der Waals surface area contributed by atoms with Crippen LogP contribution in [0.25, 0.3) is 11.2 Å². The number of hydrogen-bond acceptors (Lipinski definition) is 9. The SMILES string of the molecule is [2H]C#C[C@]1(O)C(n2cnc3c(N4CCCC4C(N)=O)ncnc32)O[C@H](CO)[C@H]1O. The highest BCUT2D eigenvalue weighted by Crippen LogP contribution is 2.40. The van der Waals surface area contributed by atoms with Crippen LogP contribution in [0, 0.1) is 12.3 Å². The highest BCUT2D eigenvalue weighted by molar-refractivity contribution is 5.89. The van der Waals surface area contributed by atoms with Gasteiger partial charge in [0.1, 0.15) is 25.9 Å². The van der Waals surface area contributed by atoms with Gasteiger partial charge in [-0.3, -0.25) is 9.36 Å². The van der Waals surface area contributed by atoms with Gasteiger partial charge in [-0.1, -0.05) is 5.92 Å². The highest BCUT2D eigenvalue weighted by Gasteiger charge is 2.55. The summed E-state index contributed by atoms with van der Waals surface area (Å²) in [4.78, 5) is 26.3. The average Bonchev–Trinajstić information content (AvgIpc) is 3.40. The maximum atomic E-state index is 11.8. The minimum atomic E-state index is -2.16. The van der Waals surface area contributed by atoms with Gasteiger partial charge in [0.15, 0.2) is 28.8 Å². The van der Waals surface area contributed by atoms with Crippen LogP contribution in [-0.4, -0.2) is 77.7 Å². The summed E-state index contributed by atoms with van der Waals surface area (Å²) < 4.78 is 14.1. The summed E-state index contributed by atoms with van der Waals surface area (Å²) in [7, 11) is 0. The molecule has 5 N–H and O–H groups in total. The molecule has 11 heteroatoms. The van der Waals surface area contributed by atoms with Crippen LogP contribution >= 0.6 is 0 Å². The molecule has 2 saturated heterocycles. The fraction of sp³-hybridized carbons (Fsp3) is 0.529. The summed E-state index contributed by atoms with van der Waals surface area (Å²) in [6.45, 7) is 0.0205. The van der Waals surface area contributed by atoms with Gasteiger partial charge in [-0.05, 0) is 12.8 Å². The molecule has 2 aromatic heterocycles. The van der Waals surface area contributed by atoms with Crippen molar-refractivity contribution in [2.45, 2.75) is 42.9 Å². The molecule has 28 heavy (non-hydrogen) atoms. The predicted molar refractivity (Wildman–Crippen MR) is 95.7 cm³/mol. The average molecular weight is 389 g/mol. The van der Waals surface area contributed by atoms with Crippen molar-refractivity contribution in [3.05, 3.63) is 12.7 Å². The molecule has 2 fully saturated rings. The number of nitrogens with two attached hydrogens (primary N) is 1. The van der Waals surface area contributed by atoms with E-state index < -0.39 is 42.6 Å². The number of carbonyl (C=O) groups is 1. The third-order valence-corrected chi connectivity index (χ3v) is 5.31. The van der Waals surface area contributed by atoms with Crippen molar-refractivity contribution in [1.82, 2.24) is 19.5 Å². The van der Waals surface area contributed by atoms with Gasteiger partial charge in [0.2, 0.25) is 5.91 Å². The van der Waals surface area contributed by atoms with Crippen molar-refractivity contribution in [3.63, 3.8) is 0 Å². The number of carbonyl (C=O) groups excluding carboxylic acids is 1. The van der Waals surface area contributed by atoms with Crippen LogP contribution in [0.4, 0.5) is 5.82 Å². The Labute approximate surface area is 161 Å². The fourth-order valence-electron chi connectivity index (χ4n) is 3.87. The van der Waals surface area contributed by atoms with E-state index in [4.69, 9.17) is 11.8 Å². The molecule has 5 atom stereocenters. The van der Waals surface area contributed by atoms with Crippen LogP contribution in [-0.2, 0) is 9.53 Å². The minimum absolute atomic E-state index is 0.270. The quantitative estimate of drug-likeness (QED) is 0.429. The summed E-state index contributed by atoms with van der Waals surface area (Å²) in [5, 5.41) is 30.7. The van der Waals surface area contributed by atoms with Crippen LogP contribution in [0.5, 0.6) is 0 Å². The van der Waals surface area contributed by atoms with E-state index in [1.165, 1.54) is 17.2 Å². The van der Waals surface area contributed by atoms with E-state index >= 15 is 0 Å². The number of aliphatic hydroxyl groups excluding tert-OH is 2. The Balaban J connectivity index is 1.80. The molecule has 1 amide bonds. The van der Waals surface area contributed by atoms with Gasteiger partial charge in [0.25, 0.3) is 0 Å². The minimum Gasteiger partial charge on any atom is -0.394 e. The Morgan fingerprint density at radius 3 is 3.07 bits per heavy atom. The fourth-order valence-corrected chi connectivity index (χ4v) is 3.87. The predicted octanol–water partition coefficient (Wildman–Crippen LogP) is -2.10. The molecule has 0 spiro atoms. The molecular formula is C17H20N6O5. The lowest BCUT2D eigenvalue weighted by molar-refractivity contribution is -0.119. The largest absolute Gasteiger partial charge is 0.394 e. The van der Waals surface area contributed by atoms with Gasteiger partial charge in [-0.2, -0.15) is 0 Å². The molecule has 2 unspecified atom stereocenters. The normalized spacial score (nSPS) is 33.0. The first-order valence-electron chi connectivity index (χ1n) is 9.26. The summed E-state index contributed by atoms with van der Waals surface area (Å²) in [5.74, 6) is 2.21. The topological polar surface area (TPSA) is 160 Å². The van der Waals surface area contributed by atoms with E-state index in [2.05, 4.69) is 20.9 Å². The third kappa shape index (κ3) is 2.54. The van der Waals surface area contributed by atoms with Crippen molar-refractivity contribution >= 4 is 22.9 Å². The molecule has 4 heterocycles. The van der Waals surface area contributed by atoms with Gasteiger partial charge >= 0.3 is 0 Å². The third-order valence-electron chi connectivity index (χ3n) is 5.31. The maximum Gasteiger partial charge on any atom is 0.240 e. The molecule has 4 rings (SSSR count). The molecule has 0 aliphatic carbocycles. The molecule has 0 radical (unpaired) electrons. The van der Waals surface area contributed by atoms with Gasteiger partial charge in [0, 0.05) is 6.54 Å². The lowest BCUT2D eigenvalue weighted by Gasteiger charge is -2.26. The lowest BCUT2D eigenvalue weighted by atomic mass is 9.95. The Morgan fingerprint density at radius 1 is 1.54 bits per heavy atom. The van der Waals surface area contributed by atoms with Gasteiger partial charge in [-0.15, -0.1) is 6.40 Å². The van der Waals surface area contributed by atoms with E-state index in [1.54, 1.807) is 4.90 Å². The first kappa shape index (κ1) is 17.3. The second-order valence-electron chi connectivity index (χ2n) is 6.88. The molecule has 2 aromatic rings. The van der Waals surface area contributed by atoms with Crippen molar-refractivity contribution in [1.29, 1.82) is 0 Å². The second kappa shape index (κ2) is 6.68. The van der Waals surface area contributed by atoms with Crippen molar-refractivity contribution in [3.8, 4) is 12.3 Å². The molecule has 0 saturated carbocycles. The van der Waals surface area contributed by atoms with Crippen LogP contribution in [0.15, 0.2) is 12.7 Å². The lowest BCUT2D eigenvalue weighted by Crippen LogP contribution is -2.45. The van der Waals surface area contributed by atoms with Gasteiger partial charge in [-0.25, -0.2) is 15.0 Å². The zero-order valence-electron chi connectivity index (χ0n) is 15.8. The summed E-state index contributed by atoms with van der Waals surface area (Å²) in [6.07, 6.45) is 1.92. The van der Waals surface area contributed by atoms with Crippen LogP contribution in [0.1, 0.15) is 20.4 Å². The summed E-state index contributed by atoms with van der Waals surface area (Å²) in [5.41, 5.74) is 3.97. The second-order valence-corrected chi connectivity index (χ2v) is 6.88. The van der Waals surface area contributed by atoms with E-state index in [9.17, 15) is 20.1 Å². The van der Waals surface area contributed by atoms with Crippen molar-refractivity contribution in [2.24, 2.45) is 5.73 Å². The number of ether oxygens (including phenoxy) is 1. The monoisotopic (exact) mass is 389 g/mol. The number of rotatable bonds is 4. The van der Waals surface area contributed by atoms with Crippen LogP contribution < -0.4 is 10.6 Å². The van der Waals surface area contributed by atoms with E-state index in [0.29, 0.717) is 24.3 Å². The molecular weight excluding hydrogens is 368 g/mol. The molecule has 2 aliphatic rings. The number of nitrogens with zero attached hydrogens (tertiary/aromatic N) is 5. The number of primary amides is 1. The number of hydrogen-bond donors (Lipinski definition) is 4. The van der Waals surface area contributed by atoms with E-state index in [-0.39, 0.29) is 5.65 Å². The Kier molecular flexibility index (Phi) is 4.13.